The zero-order valence-corrected chi connectivity index (χ0v) is 9.43. The topological polar surface area (TPSA) is 43.6 Å². The Hall–Kier alpha value is -1.05. The minimum absolute atomic E-state index is 0.260. The molecule has 0 N–H and O–H groups in total. The standard InChI is InChI=1S/C8H6FIN4/c1-5-11-12-13-14(5)8-3-2-6(9)4-7(8)10/h2-4H,1H3. The van der Waals surface area contributed by atoms with Crippen LogP contribution >= 0.6 is 22.6 Å². The molecule has 0 amide bonds. The van der Waals surface area contributed by atoms with Crippen molar-refractivity contribution in [3.63, 3.8) is 0 Å². The van der Waals surface area contributed by atoms with Crippen molar-refractivity contribution >= 4 is 22.6 Å². The first kappa shape index (κ1) is 9.50. The van der Waals surface area contributed by atoms with Gasteiger partial charge >= 0.3 is 0 Å². The van der Waals surface area contributed by atoms with E-state index in [1.807, 2.05) is 22.6 Å². The minimum Gasteiger partial charge on any atom is -0.207 e. The van der Waals surface area contributed by atoms with Crippen molar-refractivity contribution in [1.29, 1.82) is 0 Å². The number of nitrogens with zero attached hydrogens (tertiary/aromatic N) is 4. The van der Waals surface area contributed by atoms with Crippen LogP contribution in [0.3, 0.4) is 0 Å². The lowest BCUT2D eigenvalue weighted by molar-refractivity contribution is 0.625. The Morgan fingerprint density at radius 3 is 2.79 bits per heavy atom. The molecule has 0 atom stereocenters. The molecular weight excluding hydrogens is 298 g/mol. The SMILES string of the molecule is Cc1nnnn1-c1ccc(F)cc1I. The number of hydrogen-bond donors (Lipinski definition) is 0. The zero-order chi connectivity index (χ0) is 10.1. The molecule has 2 aromatic rings. The second kappa shape index (κ2) is 3.60. The summed E-state index contributed by atoms with van der Waals surface area (Å²) in [5, 5.41) is 11.1. The highest BCUT2D eigenvalue weighted by Gasteiger charge is 2.07. The van der Waals surface area contributed by atoms with Crippen LogP contribution < -0.4 is 0 Å². The first-order valence-electron chi connectivity index (χ1n) is 3.89. The first-order valence-corrected chi connectivity index (χ1v) is 4.97. The molecule has 0 saturated heterocycles. The van der Waals surface area contributed by atoms with Crippen molar-refractivity contribution in [2.24, 2.45) is 0 Å². The van der Waals surface area contributed by atoms with Gasteiger partial charge in [-0.3, -0.25) is 0 Å². The maximum Gasteiger partial charge on any atom is 0.153 e. The number of aryl methyl sites for hydroxylation is 1. The maximum atomic E-state index is 12.8. The Morgan fingerprint density at radius 1 is 1.43 bits per heavy atom. The van der Waals surface area contributed by atoms with Crippen LogP contribution in [0.5, 0.6) is 0 Å². The normalized spacial score (nSPS) is 10.5. The van der Waals surface area contributed by atoms with Crippen LogP contribution in [0.4, 0.5) is 4.39 Å². The van der Waals surface area contributed by atoms with Crippen LogP contribution in [-0.4, -0.2) is 20.2 Å². The van der Waals surface area contributed by atoms with E-state index in [0.29, 0.717) is 5.82 Å². The van der Waals surface area contributed by atoms with Gasteiger partial charge in [0.15, 0.2) is 5.82 Å². The Kier molecular flexibility index (Phi) is 2.44. The van der Waals surface area contributed by atoms with Gasteiger partial charge < -0.3 is 0 Å². The second-order valence-corrected chi connectivity index (χ2v) is 3.90. The van der Waals surface area contributed by atoms with Crippen LogP contribution in [0.1, 0.15) is 5.82 Å². The maximum absolute atomic E-state index is 12.8. The van der Waals surface area contributed by atoms with E-state index >= 15 is 0 Å². The molecule has 0 bridgehead atoms. The fraction of sp³-hybridized carbons (Fsp3) is 0.125. The van der Waals surface area contributed by atoms with E-state index in [0.717, 1.165) is 9.26 Å². The molecular formula is C8H6FIN4. The molecule has 1 aromatic heterocycles. The third kappa shape index (κ3) is 1.61. The van der Waals surface area contributed by atoms with Crippen LogP contribution in [0.25, 0.3) is 5.69 Å². The molecule has 72 valence electrons. The Labute approximate surface area is 93.3 Å². The van der Waals surface area contributed by atoms with Crippen LogP contribution in [0.15, 0.2) is 18.2 Å². The Bertz CT molecular complexity index is 468. The summed E-state index contributed by atoms with van der Waals surface area (Å²) in [6.45, 7) is 1.79. The van der Waals surface area contributed by atoms with Gasteiger partial charge in [-0.15, -0.1) is 5.10 Å². The van der Waals surface area contributed by atoms with Gasteiger partial charge in [-0.1, -0.05) is 0 Å². The van der Waals surface area contributed by atoms with E-state index in [-0.39, 0.29) is 5.82 Å². The van der Waals surface area contributed by atoms with E-state index in [2.05, 4.69) is 15.5 Å². The number of halogens is 2. The summed E-state index contributed by atoms with van der Waals surface area (Å²) in [5.41, 5.74) is 0.787. The van der Waals surface area contributed by atoms with Gasteiger partial charge in [-0.2, -0.15) is 4.68 Å². The lowest BCUT2D eigenvalue weighted by Gasteiger charge is -2.03. The van der Waals surface area contributed by atoms with Crippen LogP contribution in [-0.2, 0) is 0 Å². The molecule has 0 spiro atoms. The highest BCUT2D eigenvalue weighted by atomic mass is 127. The highest BCUT2D eigenvalue weighted by Crippen LogP contribution is 2.17. The van der Waals surface area contributed by atoms with E-state index < -0.39 is 0 Å². The third-order valence-electron chi connectivity index (χ3n) is 1.76. The molecule has 2 rings (SSSR count). The summed E-state index contributed by atoms with van der Waals surface area (Å²) >= 11 is 2.05. The summed E-state index contributed by atoms with van der Waals surface area (Å²) in [6.07, 6.45) is 0. The molecule has 14 heavy (non-hydrogen) atoms. The van der Waals surface area contributed by atoms with Gasteiger partial charge in [0.05, 0.1) is 5.69 Å². The van der Waals surface area contributed by atoms with E-state index in [4.69, 9.17) is 0 Å². The largest absolute Gasteiger partial charge is 0.207 e. The van der Waals surface area contributed by atoms with Crippen molar-refractivity contribution in [1.82, 2.24) is 20.2 Å². The van der Waals surface area contributed by atoms with Gasteiger partial charge in [0.1, 0.15) is 5.82 Å². The van der Waals surface area contributed by atoms with Crippen molar-refractivity contribution in [2.45, 2.75) is 6.92 Å². The smallest absolute Gasteiger partial charge is 0.153 e. The summed E-state index contributed by atoms with van der Waals surface area (Å²) in [5.74, 6) is 0.415. The van der Waals surface area contributed by atoms with Gasteiger partial charge in [-0.25, -0.2) is 4.39 Å². The van der Waals surface area contributed by atoms with Gasteiger partial charge in [0, 0.05) is 3.57 Å². The molecule has 0 unspecified atom stereocenters. The Balaban J connectivity index is 2.58. The monoisotopic (exact) mass is 304 g/mol. The van der Waals surface area contributed by atoms with Gasteiger partial charge in [0.2, 0.25) is 0 Å². The summed E-state index contributed by atoms with van der Waals surface area (Å²) in [4.78, 5) is 0. The molecule has 0 radical (unpaired) electrons. The quantitative estimate of drug-likeness (QED) is 0.753. The molecule has 1 aromatic carbocycles. The number of benzene rings is 1. The number of hydrogen-bond acceptors (Lipinski definition) is 3. The van der Waals surface area contributed by atoms with Gasteiger partial charge in [-0.05, 0) is 58.1 Å². The number of tetrazole rings is 1. The average molecular weight is 304 g/mol. The molecule has 0 fully saturated rings. The van der Waals surface area contributed by atoms with Gasteiger partial charge in [0.25, 0.3) is 0 Å². The van der Waals surface area contributed by atoms with E-state index in [9.17, 15) is 4.39 Å². The van der Waals surface area contributed by atoms with Crippen molar-refractivity contribution < 1.29 is 4.39 Å². The van der Waals surface area contributed by atoms with Crippen LogP contribution in [0, 0.1) is 16.3 Å². The highest BCUT2D eigenvalue weighted by molar-refractivity contribution is 14.1. The molecule has 0 aliphatic heterocycles. The van der Waals surface area contributed by atoms with Crippen molar-refractivity contribution in [3.8, 4) is 5.69 Å². The fourth-order valence-electron chi connectivity index (χ4n) is 1.11. The molecule has 1 heterocycles. The van der Waals surface area contributed by atoms with Crippen molar-refractivity contribution in [3.05, 3.63) is 33.4 Å². The van der Waals surface area contributed by atoms with E-state index in [1.54, 1.807) is 17.7 Å². The lowest BCUT2D eigenvalue weighted by Crippen LogP contribution is -2.02. The predicted molar refractivity (Wildman–Crippen MR) is 56.6 cm³/mol. The lowest BCUT2D eigenvalue weighted by atomic mass is 10.3. The van der Waals surface area contributed by atoms with Crippen molar-refractivity contribution in [2.75, 3.05) is 0 Å². The number of rotatable bonds is 1. The minimum atomic E-state index is -0.260. The molecule has 0 saturated carbocycles. The predicted octanol–water partition coefficient (Wildman–Crippen LogP) is 1.71. The fourth-order valence-corrected chi connectivity index (χ4v) is 1.81. The molecule has 4 nitrogen and oxygen atoms in total. The van der Waals surface area contributed by atoms with E-state index in [1.165, 1.54) is 12.1 Å². The third-order valence-corrected chi connectivity index (χ3v) is 2.63. The zero-order valence-electron chi connectivity index (χ0n) is 7.28. The molecule has 0 aliphatic carbocycles. The first-order chi connectivity index (χ1) is 6.68. The van der Waals surface area contributed by atoms with Crippen LogP contribution in [0.2, 0.25) is 0 Å². The second-order valence-electron chi connectivity index (χ2n) is 2.73. The Morgan fingerprint density at radius 2 is 2.21 bits per heavy atom. The molecule has 0 aliphatic rings. The number of aromatic nitrogens is 4. The summed E-state index contributed by atoms with van der Waals surface area (Å²) < 4.78 is 15.2. The molecule has 6 heteroatoms. The average Bonchev–Trinajstić information content (AvgIpc) is 2.52. The summed E-state index contributed by atoms with van der Waals surface area (Å²) in [6, 6.07) is 4.48. The summed E-state index contributed by atoms with van der Waals surface area (Å²) in [7, 11) is 0.